The van der Waals surface area contributed by atoms with Crippen molar-refractivity contribution < 1.29 is 9.53 Å². The number of anilines is 1. The largest absolute Gasteiger partial charge is 0.479 e. The lowest BCUT2D eigenvalue weighted by atomic mass is 10.2. The highest BCUT2D eigenvalue weighted by Crippen LogP contribution is 2.24. The van der Waals surface area contributed by atoms with E-state index in [0.717, 1.165) is 0 Å². The van der Waals surface area contributed by atoms with Crippen LogP contribution in [0.3, 0.4) is 0 Å². The van der Waals surface area contributed by atoms with E-state index in [0.29, 0.717) is 22.0 Å². The molecule has 5 heteroatoms. The molecule has 1 N–H and O–H groups in total. The summed E-state index contributed by atoms with van der Waals surface area (Å²) < 4.78 is 5.53. The van der Waals surface area contributed by atoms with Gasteiger partial charge in [0.25, 0.3) is 5.91 Å². The Morgan fingerprint density at radius 1 is 1.29 bits per heavy atom. The Morgan fingerprint density at radius 3 is 2.76 bits per heavy atom. The minimum atomic E-state index is -0.712. The molecule has 0 aliphatic rings. The van der Waals surface area contributed by atoms with Crippen LogP contribution >= 0.6 is 11.6 Å². The van der Waals surface area contributed by atoms with Crippen molar-refractivity contribution in [2.75, 3.05) is 5.32 Å². The molecule has 0 saturated heterocycles. The van der Waals surface area contributed by atoms with Crippen LogP contribution in [-0.4, -0.2) is 12.0 Å². The van der Waals surface area contributed by atoms with Gasteiger partial charge in [-0.05, 0) is 37.3 Å². The highest BCUT2D eigenvalue weighted by molar-refractivity contribution is 6.32. The van der Waals surface area contributed by atoms with Crippen LogP contribution in [-0.2, 0) is 4.79 Å². The van der Waals surface area contributed by atoms with Gasteiger partial charge in [-0.1, -0.05) is 29.8 Å². The fourth-order valence-electron chi connectivity index (χ4n) is 1.69. The van der Waals surface area contributed by atoms with Gasteiger partial charge in [0.05, 0.1) is 16.7 Å². The monoisotopic (exact) mass is 300 g/mol. The van der Waals surface area contributed by atoms with Crippen LogP contribution in [0.1, 0.15) is 12.5 Å². The molecule has 0 aliphatic heterocycles. The molecule has 21 heavy (non-hydrogen) atoms. The van der Waals surface area contributed by atoms with E-state index in [1.807, 2.05) is 6.07 Å². The summed E-state index contributed by atoms with van der Waals surface area (Å²) in [5.74, 6) is 0.137. The van der Waals surface area contributed by atoms with Crippen LogP contribution in [0.15, 0.2) is 48.5 Å². The minimum absolute atomic E-state index is 0.315. The summed E-state index contributed by atoms with van der Waals surface area (Å²) in [5, 5.41) is 12.0. The predicted octanol–water partition coefficient (Wildman–Crippen LogP) is 3.62. The maximum Gasteiger partial charge on any atom is 0.265 e. The van der Waals surface area contributed by atoms with Gasteiger partial charge in [0.1, 0.15) is 5.75 Å². The Labute approximate surface area is 127 Å². The number of nitriles is 1. The zero-order valence-corrected chi connectivity index (χ0v) is 12.1. The Hall–Kier alpha value is -2.51. The number of amides is 1. The van der Waals surface area contributed by atoms with Gasteiger partial charge in [0, 0.05) is 5.69 Å². The second-order valence-electron chi connectivity index (χ2n) is 4.37. The third-order valence-corrected chi connectivity index (χ3v) is 3.08. The lowest BCUT2D eigenvalue weighted by molar-refractivity contribution is -0.122. The maximum absolute atomic E-state index is 12.1. The van der Waals surface area contributed by atoms with E-state index in [2.05, 4.69) is 5.32 Å². The van der Waals surface area contributed by atoms with E-state index in [9.17, 15) is 4.79 Å². The molecule has 0 aliphatic carbocycles. The molecular formula is C16H13ClN2O2. The fourth-order valence-corrected chi connectivity index (χ4v) is 1.87. The van der Waals surface area contributed by atoms with E-state index in [4.69, 9.17) is 21.6 Å². The quantitative estimate of drug-likeness (QED) is 0.938. The third kappa shape index (κ3) is 3.98. The number of halogens is 1. The van der Waals surface area contributed by atoms with Gasteiger partial charge in [-0.15, -0.1) is 0 Å². The molecule has 0 aromatic heterocycles. The van der Waals surface area contributed by atoms with E-state index in [-0.39, 0.29) is 5.91 Å². The highest BCUT2D eigenvalue weighted by Gasteiger charge is 2.16. The smallest absolute Gasteiger partial charge is 0.265 e. The van der Waals surface area contributed by atoms with Gasteiger partial charge >= 0.3 is 0 Å². The predicted molar refractivity (Wildman–Crippen MR) is 81.3 cm³/mol. The molecule has 0 saturated carbocycles. The molecule has 0 spiro atoms. The highest BCUT2D eigenvalue weighted by atomic mass is 35.5. The van der Waals surface area contributed by atoms with E-state index < -0.39 is 6.10 Å². The summed E-state index contributed by atoms with van der Waals surface area (Å²) in [6, 6.07) is 15.6. The van der Waals surface area contributed by atoms with Crippen molar-refractivity contribution in [2.45, 2.75) is 13.0 Å². The lowest BCUT2D eigenvalue weighted by Gasteiger charge is -2.15. The summed E-state index contributed by atoms with van der Waals surface area (Å²) >= 11 is 5.98. The van der Waals surface area contributed by atoms with Crippen molar-refractivity contribution >= 4 is 23.2 Å². The van der Waals surface area contributed by atoms with Crippen LogP contribution in [0.5, 0.6) is 5.75 Å². The number of nitrogens with zero attached hydrogens (tertiary/aromatic N) is 1. The van der Waals surface area contributed by atoms with E-state index >= 15 is 0 Å². The number of carbonyl (C=O) groups excluding carboxylic acids is 1. The minimum Gasteiger partial charge on any atom is -0.479 e. The molecule has 0 bridgehead atoms. The van der Waals surface area contributed by atoms with Gasteiger partial charge in [-0.25, -0.2) is 0 Å². The van der Waals surface area contributed by atoms with Crippen molar-refractivity contribution in [1.29, 1.82) is 5.26 Å². The van der Waals surface area contributed by atoms with Crippen LogP contribution in [0.4, 0.5) is 5.69 Å². The van der Waals surface area contributed by atoms with Gasteiger partial charge in [-0.3, -0.25) is 4.79 Å². The molecule has 1 amide bonds. The molecule has 2 aromatic rings. The zero-order chi connectivity index (χ0) is 15.2. The number of para-hydroxylation sites is 1. The zero-order valence-electron chi connectivity index (χ0n) is 11.3. The van der Waals surface area contributed by atoms with Crippen molar-refractivity contribution in [2.24, 2.45) is 0 Å². The third-order valence-electron chi connectivity index (χ3n) is 2.77. The first kappa shape index (κ1) is 14.9. The standard InChI is InChI=1S/C16H13ClN2O2/c1-11(21-15-8-3-2-7-14(15)17)16(20)19-13-6-4-5-12(9-13)10-18/h2-9,11H,1H3,(H,19,20). The molecule has 1 atom stereocenters. The molecule has 2 rings (SSSR count). The number of rotatable bonds is 4. The second kappa shape index (κ2) is 6.78. The first-order chi connectivity index (χ1) is 10.1. The summed E-state index contributed by atoms with van der Waals surface area (Å²) in [4.78, 5) is 12.1. The lowest BCUT2D eigenvalue weighted by Crippen LogP contribution is -2.30. The molecule has 0 heterocycles. The van der Waals surface area contributed by atoms with Crippen molar-refractivity contribution in [1.82, 2.24) is 0 Å². The number of hydrogen-bond acceptors (Lipinski definition) is 3. The van der Waals surface area contributed by atoms with Gasteiger partial charge in [-0.2, -0.15) is 5.26 Å². The van der Waals surface area contributed by atoms with Gasteiger partial charge < -0.3 is 10.1 Å². The molecule has 1 unspecified atom stereocenters. The van der Waals surface area contributed by atoms with Crippen molar-refractivity contribution in [3.8, 4) is 11.8 Å². The second-order valence-corrected chi connectivity index (χ2v) is 4.78. The SMILES string of the molecule is CC(Oc1ccccc1Cl)C(=O)Nc1cccc(C#N)c1. The average molecular weight is 301 g/mol. The van der Waals surface area contributed by atoms with Crippen LogP contribution in [0.2, 0.25) is 5.02 Å². The molecule has 2 aromatic carbocycles. The maximum atomic E-state index is 12.1. The Bertz CT molecular complexity index is 695. The Morgan fingerprint density at radius 2 is 2.05 bits per heavy atom. The number of ether oxygens (including phenoxy) is 1. The molecular weight excluding hydrogens is 288 g/mol. The van der Waals surface area contributed by atoms with E-state index in [1.165, 1.54) is 0 Å². The Kier molecular flexibility index (Phi) is 4.81. The number of hydrogen-bond donors (Lipinski definition) is 1. The average Bonchev–Trinajstić information content (AvgIpc) is 2.49. The van der Waals surface area contributed by atoms with Crippen LogP contribution in [0, 0.1) is 11.3 Å². The van der Waals surface area contributed by atoms with Gasteiger partial charge in [0.15, 0.2) is 6.10 Å². The van der Waals surface area contributed by atoms with Crippen LogP contribution in [0.25, 0.3) is 0 Å². The summed E-state index contributed by atoms with van der Waals surface area (Å²) in [7, 11) is 0. The Balaban J connectivity index is 2.03. The first-order valence-electron chi connectivity index (χ1n) is 6.32. The van der Waals surface area contributed by atoms with Crippen LogP contribution < -0.4 is 10.1 Å². The molecule has 4 nitrogen and oxygen atoms in total. The number of nitrogens with one attached hydrogen (secondary N) is 1. The van der Waals surface area contributed by atoms with Gasteiger partial charge in [0.2, 0.25) is 0 Å². The summed E-state index contributed by atoms with van der Waals surface area (Å²) in [6.07, 6.45) is -0.712. The van der Waals surface area contributed by atoms with Crippen molar-refractivity contribution in [3.05, 3.63) is 59.1 Å². The first-order valence-corrected chi connectivity index (χ1v) is 6.70. The van der Waals surface area contributed by atoms with E-state index in [1.54, 1.807) is 55.5 Å². The summed E-state index contributed by atoms with van der Waals surface area (Å²) in [5.41, 5.74) is 1.03. The normalized spacial score (nSPS) is 11.3. The molecule has 0 radical (unpaired) electrons. The number of carbonyl (C=O) groups is 1. The number of benzene rings is 2. The molecule has 106 valence electrons. The van der Waals surface area contributed by atoms with Crippen molar-refractivity contribution in [3.63, 3.8) is 0 Å². The molecule has 0 fully saturated rings. The topological polar surface area (TPSA) is 62.1 Å². The fraction of sp³-hybridized carbons (Fsp3) is 0.125. The summed E-state index contributed by atoms with van der Waals surface area (Å²) in [6.45, 7) is 1.63.